The summed E-state index contributed by atoms with van der Waals surface area (Å²) in [4.78, 5) is 26.5. The summed E-state index contributed by atoms with van der Waals surface area (Å²) in [6.07, 6.45) is 1.66. The number of benzene rings is 2. The van der Waals surface area contributed by atoms with E-state index < -0.39 is 0 Å². The molecule has 1 heterocycles. The maximum Gasteiger partial charge on any atom is 0.293 e. The summed E-state index contributed by atoms with van der Waals surface area (Å²) < 4.78 is 17.2. The molecule has 0 saturated carbocycles. The van der Waals surface area contributed by atoms with E-state index in [1.165, 1.54) is 0 Å². The van der Waals surface area contributed by atoms with Crippen LogP contribution in [-0.2, 0) is 4.79 Å². The summed E-state index contributed by atoms with van der Waals surface area (Å²) in [6.45, 7) is 2.62. The van der Waals surface area contributed by atoms with Gasteiger partial charge in [0.05, 0.1) is 34.7 Å². The number of ether oxygens (including phenoxy) is 3. The first kappa shape index (κ1) is 22.5. The Morgan fingerprint density at radius 2 is 1.93 bits per heavy atom. The Balaban J connectivity index is 1.72. The molecule has 0 spiro atoms. The number of amides is 2. The molecule has 3 rings (SSSR count). The van der Waals surface area contributed by atoms with Gasteiger partial charge in [0.25, 0.3) is 11.1 Å². The monoisotopic (exact) mass is 511 g/mol. The topological polar surface area (TPSA) is 65.1 Å². The highest BCUT2D eigenvalue weighted by atomic mass is 79.9. The Labute approximate surface area is 192 Å². The molecular formula is C21H19BrClNO5S. The lowest BCUT2D eigenvalue weighted by Gasteiger charge is -2.14. The van der Waals surface area contributed by atoms with Gasteiger partial charge in [-0.05, 0) is 70.5 Å². The van der Waals surface area contributed by atoms with Crippen molar-refractivity contribution in [1.82, 2.24) is 4.90 Å². The zero-order chi connectivity index (χ0) is 21.7. The number of hydrogen-bond donors (Lipinski definition) is 0. The lowest BCUT2D eigenvalue weighted by molar-refractivity contribution is -0.123. The molecule has 0 aliphatic carbocycles. The van der Waals surface area contributed by atoms with Crippen molar-refractivity contribution >= 4 is 56.5 Å². The van der Waals surface area contributed by atoms with E-state index in [-0.39, 0.29) is 24.3 Å². The number of nitrogens with zero attached hydrogens (tertiary/aromatic N) is 1. The first-order valence-electron chi connectivity index (χ1n) is 9.07. The number of thioether (sulfide) groups is 1. The minimum absolute atomic E-state index is 0.129. The molecule has 1 aliphatic heterocycles. The van der Waals surface area contributed by atoms with E-state index in [4.69, 9.17) is 25.8 Å². The molecule has 30 heavy (non-hydrogen) atoms. The summed E-state index contributed by atoms with van der Waals surface area (Å²) in [6, 6.07) is 10.6. The third-order valence-corrected chi connectivity index (χ3v) is 5.92. The lowest BCUT2D eigenvalue weighted by Crippen LogP contribution is -2.32. The van der Waals surface area contributed by atoms with Crippen molar-refractivity contribution in [1.29, 1.82) is 0 Å². The average molecular weight is 513 g/mol. The second-order valence-corrected chi connectivity index (χ2v) is 8.33. The minimum Gasteiger partial charge on any atom is -0.492 e. The molecule has 1 saturated heterocycles. The van der Waals surface area contributed by atoms with Gasteiger partial charge >= 0.3 is 0 Å². The molecule has 2 amide bonds. The SMILES string of the molecule is CCOc1cc(/C=C2\SC(=O)N(CCOc3ccccc3Cl)C2=O)cc(Br)c1OC. The van der Waals surface area contributed by atoms with Gasteiger partial charge in [0.2, 0.25) is 0 Å². The lowest BCUT2D eigenvalue weighted by atomic mass is 10.2. The summed E-state index contributed by atoms with van der Waals surface area (Å²) in [7, 11) is 1.55. The first-order valence-corrected chi connectivity index (χ1v) is 11.1. The number of hydrogen-bond acceptors (Lipinski definition) is 6. The first-order chi connectivity index (χ1) is 14.4. The molecule has 0 atom stereocenters. The largest absolute Gasteiger partial charge is 0.492 e. The number of carbonyl (C=O) groups is 2. The van der Waals surface area contributed by atoms with Crippen molar-refractivity contribution in [3.63, 3.8) is 0 Å². The number of rotatable bonds is 8. The number of methoxy groups -OCH3 is 1. The second kappa shape index (κ2) is 10.2. The average Bonchev–Trinajstić information content (AvgIpc) is 2.97. The Morgan fingerprint density at radius 3 is 2.63 bits per heavy atom. The molecule has 0 bridgehead atoms. The van der Waals surface area contributed by atoms with Crippen LogP contribution < -0.4 is 14.2 Å². The van der Waals surface area contributed by atoms with Gasteiger partial charge in [-0.25, -0.2) is 0 Å². The van der Waals surface area contributed by atoms with Crippen LogP contribution in [0.2, 0.25) is 5.02 Å². The fourth-order valence-corrected chi connectivity index (χ4v) is 4.46. The fourth-order valence-electron chi connectivity index (χ4n) is 2.79. The predicted molar refractivity (Wildman–Crippen MR) is 121 cm³/mol. The molecule has 0 unspecified atom stereocenters. The number of carbonyl (C=O) groups excluding carboxylic acids is 2. The molecular weight excluding hydrogens is 494 g/mol. The summed E-state index contributed by atoms with van der Waals surface area (Å²) in [5, 5.41) is 0.133. The maximum absolute atomic E-state index is 12.7. The fraction of sp³-hybridized carbons (Fsp3) is 0.238. The van der Waals surface area contributed by atoms with Gasteiger partial charge in [-0.15, -0.1) is 0 Å². The highest BCUT2D eigenvalue weighted by Crippen LogP contribution is 2.39. The zero-order valence-corrected chi connectivity index (χ0v) is 19.5. The van der Waals surface area contributed by atoms with Gasteiger partial charge in [0, 0.05) is 0 Å². The van der Waals surface area contributed by atoms with E-state index in [0.29, 0.717) is 43.8 Å². The Hall–Kier alpha value is -2.16. The Bertz CT molecular complexity index is 997. The van der Waals surface area contributed by atoms with Gasteiger partial charge in [-0.3, -0.25) is 14.5 Å². The number of halogens is 2. The molecule has 6 nitrogen and oxygen atoms in total. The van der Waals surface area contributed by atoms with Crippen LogP contribution in [-0.4, -0.2) is 42.9 Å². The van der Waals surface area contributed by atoms with Crippen LogP contribution in [0.1, 0.15) is 12.5 Å². The summed E-state index contributed by atoms with van der Waals surface area (Å²) >= 11 is 10.4. The standard InChI is InChI=1S/C21H19BrClNO5S/c1-3-28-17-11-13(10-14(22)19(17)27-2)12-18-20(25)24(21(26)30-18)8-9-29-16-7-5-4-6-15(16)23/h4-7,10-12H,3,8-9H2,1-2H3/b18-12-. The van der Waals surface area contributed by atoms with Crippen LogP contribution in [0.4, 0.5) is 4.79 Å². The second-order valence-electron chi connectivity index (χ2n) is 6.08. The van der Waals surface area contributed by atoms with Crippen molar-refractivity contribution in [3.05, 3.63) is 56.4 Å². The van der Waals surface area contributed by atoms with Crippen molar-refractivity contribution < 1.29 is 23.8 Å². The van der Waals surface area contributed by atoms with Gasteiger partial charge in [0.1, 0.15) is 12.4 Å². The smallest absolute Gasteiger partial charge is 0.293 e. The van der Waals surface area contributed by atoms with Crippen molar-refractivity contribution in [2.45, 2.75) is 6.92 Å². The van der Waals surface area contributed by atoms with Crippen LogP contribution in [0.5, 0.6) is 17.2 Å². The van der Waals surface area contributed by atoms with E-state index in [1.54, 1.807) is 49.6 Å². The van der Waals surface area contributed by atoms with Crippen molar-refractivity contribution in [2.75, 3.05) is 26.9 Å². The maximum atomic E-state index is 12.7. The van der Waals surface area contributed by atoms with E-state index in [1.807, 2.05) is 6.92 Å². The highest BCUT2D eigenvalue weighted by molar-refractivity contribution is 9.10. The third-order valence-electron chi connectivity index (χ3n) is 4.12. The van der Waals surface area contributed by atoms with Crippen LogP contribution in [0.15, 0.2) is 45.8 Å². The summed E-state index contributed by atoms with van der Waals surface area (Å²) in [5.74, 6) is 1.26. The van der Waals surface area contributed by atoms with Crippen LogP contribution in [0.3, 0.4) is 0 Å². The third kappa shape index (κ3) is 5.11. The Morgan fingerprint density at radius 1 is 1.17 bits per heavy atom. The molecule has 0 aromatic heterocycles. The molecule has 1 fully saturated rings. The molecule has 2 aromatic rings. The van der Waals surface area contributed by atoms with Gasteiger partial charge < -0.3 is 14.2 Å². The van der Waals surface area contributed by atoms with Gasteiger partial charge in [0.15, 0.2) is 11.5 Å². The van der Waals surface area contributed by atoms with Gasteiger partial charge in [-0.2, -0.15) is 0 Å². The zero-order valence-electron chi connectivity index (χ0n) is 16.3. The van der Waals surface area contributed by atoms with Gasteiger partial charge in [-0.1, -0.05) is 23.7 Å². The minimum atomic E-state index is -0.363. The van der Waals surface area contributed by atoms with E-state index >= 15 is 0 Å². The quantitative estimate of drug-likeness (QED) is 0.428. The summed E-state index contributed by atoms with van der Waals surface area (Å²) in [5.41, 5.74) is 0.712. The van der Waals surface area contributed by atoms with Crippen LogP contribution in [0, 0.1) is 0 Å². The molecule has 0 N–H and O–H groups in total. The number of para-hydroxylation sites is 1. The highest BCUT2D eigenvalue weighted by Gasteiger charge is 2.35. The van der Waals surface area contributed by atoms with Crippen molar-refractivity contribution in [3.8, 4) is 17.2 Å². The molecule has 1 aliphatic rings. The van der Waals surface area contributed by atoms with E-state index in [0.717, 1.165) is 16.7 Å². The number of imide groups is 1. The van der Waals surface area contributed by atoms with Crippen molar-refractivity contribution in [2.24, 2.45) is 0 Å². The molecule has 158 valence electrons. The normalized spacial score (nSPS) is 15.1. The van der Waals surface area contributed by atoms with Crippen LogP contribution in [0.25, 0.3) is 6.08 Å². The van der Waals surface area contributed by atoms with Crippen LogP contribution >= 0.6 is 39.3 Å². The Kier molecular flexibility index (Phi) is 7.69. The van der Waals surface area contributed by atoms with E-state index in [2.05, 4.69) is 15.9 Å². The van der Waals surface area contributed by atoms with E-state index in [9.17, 15) is 9.59 Å². The molecule has 2 aromatic carbocycles. The molecule has 9 heteroatoms. The molecule has 0 radical (unpaired) electrons. The predicted octanol–water partition coefficient (Wildman–Crippen LogP) is 5.63.